The van der Waals surface area contributed by atoms with E-state index in [-0.39, 0.29) is 0 Å². The molecule has 2 heteroatoms. The van der Waals surface area contributed by atoms with Gasteiger partial charge in [0.25, 0.3) is 0 Å². The second-order valence-corrected chi connectivity index (χ2v) is 5.05. The number of fused-ring (bicyclic) bond motifs is 1. The first-order valence-electron chi connectivity index (χ1n) is 7.21. The summed E-state index contributed by atoms with van der Waals surface area (Å²) in [7, 11) is 1.72. The summed E-state index contributed by atoms with van der Waals surface area (Å²) in [5.41, 5.74) is 2.39. The van der Waals surface area contributed by atoms with E-state index in [4.69, 9.17) is 4.74 Å². The van der Waals surface area contributed by atoms with Gasteiger partial charge in [-0.1, -0.05) is 48.5 Å². The van der Waals surface area contributed by atoms with Gasteiger partial charge in [0.2, 0.25) is 0 Å². The van der Waals surface area contributed by atoms with Gasteiger partial charge in [-0.3, -0.25) is 0 Å². The fourth-order valence-electron chi connectivity index (χ4n) is 2.55. The summed E-state index contributed by atoms with van der Waals surface area (Å²) in [4.78, 5) is 0. The molecule has 21 heavy (non-hydrogen) atoms. The molecule has 0 saturated heterocycles. The molecule has 3 aromatic rings. The fraction of sp³-hybridized carbons (Fsp3) is 0.158. The van der Waals surface area contributed by atoms with Crippen molar-refractivity contribution in [3.8, 4) is 5.75 Å². The summed E-state index contributed by atoms with van der Waals surface area (Å²) in [6.07, 6.45) is 0.941. The van der Waals surface area contributed by atoms with E-state index in [2.05, 4.69) is 53.8 Å². The highest BCUT2D eigenvalue weighted by atomic mass is 16.5. The van der Waals surface area contributed by atoms with Crippen LogP contribution >= 0.6 is 0 Å². The van der Waals surface area contributed by atoms with E-state index in [0.29, 0.717) is 0 Å². The minimum atomic E-state index is 0.888. The van der Waals surface area contributed by atoms with Crippen LogP contribution in [0.5, 0.6) is 5.75 Å². The summed E-state index contributed by atoms with van der Waals surface area (Å²) < 4.78 is 5.38. The Hall–Kier alpha value is -2.48. The Balaban J connectivity index is 1.66. The Labute approximate surface area is 125 Å². The molecule has 0 aliphatic heterocycles. The molecule has 0 aliphatic rings. The number of hydrogen-bond acceptors (Lipinski definition) is 2. The largest absolute Gasteiger partial charge is 0.496 e. The normalized spacial score (nSPS) is 10.5. The average molecular weight is 277 g/mol. The molecule has 0 heterocycles. The van der Waals surface area contributed by atoms with Crippen molar-refractivity contribution in [3.63, 3.8) is 0 Å². The highest BCUT2D eigenvalue weighted by Gasteiger charge is 2.01. The maximum atomic E-state index is 5.38. The third-order valence-corrected chi connectivity index (χ3v) is 3.67. The Morgan fingerprint density at radius 1 is 0.857 bits per heavy atom. The number of methoxy groups -OCH3 is 1. The van der Waals surface area contributed by atoms with Crippen LogP contribution in [0.4, 0.5) is 5.69 Å². The van der Waals surface area contributed by atoms with Crippen molar-refractivity contribution in [1.29, 1.82) is 0 Å². The number of nitrogens with one attached hydrogen (secondary N) is 1. The predicted molar refractivity (Wildman–Crippen MR) is 89.1 cm³/mol. The average Bonchev–Trinajstić information content (AvgIpc) is 2.55. The van der Waals surface area contributed by atoms with Crippen molar-refractivity contribution < 1.29 is 4.74 Å². The van der Waals surface area contributed by atoms with Gasteiger partial charge in [0.15, 0.2) is 0 Å². The van der Waals surface area contributed by atoms with E-state index in [0.717, 1.165) is 24.4 Å². The van der Waals surface area contributed by atoms with Crippen LogP contribution in [-0.2, 0) is 6.42 Å². The molecule has 0 atom stereocenters. The molecule has 0 fully saturated rings. The van der Waals surface area contributed by atoms with Crippen molar-refractivity contribution in [2.75, 3.05) is 19.0 Å². The summed E-state index contributed by atoms with van der Waals surface area (Å²) in [6, 6.07) is 23.1. The van der Waals surface area contributed by atoms with Crippen molar-refractivity contribution in [2.45, 2.75) is 6.42 Å². The van der Waals surface area contributed by atoms with E-state index in [9.17, 15) is 0 Å². The van der Waals surface area contributed by atoms with Crippen LogP contribution in [0.2, 0.25) is 0 Å². The van der Waals surface area contributed by atoms with Crippen LogP contribution in [-0.4, -0.2) is 13.7 Å². The second-order valence-electron chi connectivity index (χ2n) is 5.05. The Kier molecular flexibility index (Phi) is 4.06. The molecule has 0 saturated carbocycles. The van der Waals surface area contributed by atoms with Gasteiger partial charge in [-0.15, -0.1) is 0 Å². The number of hydrogen-bond donors (Lipinski definition) is 1. The lowest BCUT2D eigenvalue weighted by molar-refractivity contribution is 0.410. The number of benzene rings is 3. The Morgan fingerprint density at radius 3 is 2.48 bits per heavy atom. The van der Waals surface area contributed by atoms with Gasteiger partial charge in [0.1, 0.15) is 5.75 Å². The predicted octanol–water partition coefficient (Wildman–Crippen LogP) is 4.50. The maximum absolute atomic E-state index is 5.38. The summed E-state index contributed by atoms with van der Waals surface area (Å²) in [6.45, 7) is 0.888. The zero-order chi connectivity index (χ0) is 14.5. The zero-order valence-electron chi connectivity index (χ0n) is 12.2. The molecule has 0 aromatic heterocycles. The Bertz CT molecular complexity index is 736. The van der Waals surface area contributed by atoms with E-state index < -0.39 is 0 Å². The van der Waals surface area contributed by atoms with Crippen LogP contribution in [0.1, 0.15) is 5.56 Å². The number of rotatable bonds is 5. The smallest absolute Gasteiger partial charge is 0.122 e. The van der Waals surface area contributed by atoms with Gasteiger partial charge in [-0.05, 0) is 41.0 Å². The molecular weight excluding hydrogens is 258 g/mol. The number of ether oxygens (including phenoxy) is 1. The zero-order valence-corrected chi connectivity index (χ0v) is 12.2. The molecule has 0 bridgehead atoms. The van der Waals surface area contributed by atoms with Crippen LogP contribution in [0.3, 0.4) is 0 Å². The quantitative estimate of drug-likeness (QED) is 0.741. The van der Waals surface area contributed by atoms with Gasteiger partial charge in [0, 0.05) is 12.2 Å². The number of para-hydroxylation sites is 1. The minimum Gasteiger partial charge on any atom is -0.496 e. The third kappa shape index (κ3) is 3.16. The van der Waals surface area contributed by atoms with Crippen molar-refractivity contribution in [2.24, 2.45) is 0 Å². The topological polar surface area (TPSA) is 21.3 Å². The molecular formula is C19H19NO. The van der Waals surface area contributed by atoms with Gasteiger partial charge in [0.05, 0.1) is 7.11 Å². The highest BCUT2D eigenvalue weighted by molar-refractivity contribution is 5.85. The molecule has 0 spiro atoms. The van der Waals surface area contributed by atoms with E-state index in [1.54, 1.807) is 7.11 Å². The maximum Gasteiger partial charge on any atom is 0.122 e. The first-order valence-corrected chi connectivity index (χ1v) is 7.21. The van der Waals surface area contributed by atoms with Gasteiger partial charge in [-0.25, -0.2) is 0 Å². The Morgan fingerprint density at radius 2 is 1.62 bits per heavy atom. The third-order valence-electron chi connectivity index (χ3n) is 3.67. The van der Waals surface area contributed by atoms with Gasteiger partial charge >= 0.3 is 0 Å². The summed E-state index contributed by atoms with van der Waals surface area (Å²) in [5.74, 6) is 0.956. The number of anilines is 1. The lowest BCUT2D eigenvalue weighted by Crippen LogP contribution is -2.05. The van der Waals surface area contributed by atoms with E-state index >= 15 is 0 Å². The van der Waals surface area contributed by atoms with Crippen molar-refractivity contribution in [1.82, 2.24) is 0 Å². The lowest BCUT2D eigenvalue weighted by atomic mass is 10.1. The molecule has 0 aliphatic carbocycles. The van der Waals surface area contributed by atoms with Crippen LogP contribution < -0.4 is 10.1 Å². The highest BCUT2D eigenvalue weighted by Crippen LogP contribution is 2.20. The van der Waals surface area contributed by atoms with Crippen LogP contribution in [0, 0.1) is 0 Å². The molecule has 0 amide bonds. The molecule has 2 nitrogen and oxygen atoms in total. The minimum absolute atomic E-state index is 0.888. The van der Waals surface area contributed by atoms with Crippen LogP contribution in [0.25, 0.3) is 10.8 Å². The first-order chi connectivity index (χ1) is 10.4. The fourth-order valence-corrected chi connectivity index (χ4v) is 2.55. The van der Waals surface area contributed by atoms with E-state index in [1.165, 1.54) is 16.3 Å². The molecule has 106 valence electrons. The summed E-state index contributed by atoms with van der Waals surface area (Å²) >= 11 is 0. The van der Waals surface area contributed by atoms with E-state index in [1.807, 2.05) is 18.2 Å². The monoisotopic (exact) mass is 277 g/mol. The van der Waals surface area contributed by atoms with Gasteiger partial charge < -0.3 is 10.1 Å². The van der Waals surface area contributed by atoms with Crippen molar-refractivity contribution in [3.05, 3.63) is 72.3 Å². The first kappa shape index (κ1) is 13.5. The SMILES string of the molecule is COc1ccccc1CCNc1ccc2ccccc2c1. The lowest BCUT2D eigenvalue weighted by Gasteiger charge is -2.10. The molecule has 3 aromatic carbocycles. The van der Waals surface area contributed by atoms with Crippen molar-refractivity contribution >= 4 is 16.5 Å². The standard InChI is InChI=1S/C19H19NO/c1-21-19-9-5-4-7-16(19)12-13-20-18-11-10-15-6-2-3-8-17(15)14-18/h2-11,14,20H,12-13H2,1H3. The van der Waals surface area contributed by atoms with Crippen LogP contribution in [0.15, 0.2) is 66.7 Å². The molecule has 0 radical (unpaired) electrons. The second kappa shape index (κ2) is 6.31. The summed E-state index contributed by atoms with van der Waals surface area (Å²) in [5, 5.41) is 6.02. The molecule has 1 N–H and O–H groups in total. The molecule has 3 rings (SSSR count). The van der Waals surface area contributed by atoms with Gasteiger partial charge in [-0.2, -0.15) is 0 Å². The molecule has 0 unspecified atom stereocenters.